The molecule has 0 saturated heterocycles. The summed E-state index contributed by atoms with van der Waals surface area (Å²) in [5.74, 6) is -0.988. The van der Waals surface area contributed by atoms with Gasteiger partial charge >= 0.3 is 6.18 Å². The lowest BCUT2D eigenvalue weighted by atomic mass is 10.2. The fraction of sp³-hybridized carbons (Fsp3) is 0.0909. The molecule has 98 valence electrons. The molecular weight excluding hydrogens is 284 g/mol. The normalized spacial score (nSPS) is 11.1. The van der Waals surface area contributed by atoms with Crippen LogP contribution >= 0.6 is 11.3 Å². The Morgan fingerprint density at radius 3 is 2.63 bits per heavy atom. The average Bonchev–Trinajstić information content (AvgIpc) is 2.77. The summed E-state index contributed by atoms with van der Waals surface area (Å²) >= 11 is 0.611. The molecule has 19 heavy (non-hydrogen) atoms. The van der Waals surface area contributed by atoms with Gasteiger partial charge in [-0.05, 0) is 12.1 Å². The van der Waals surface area contributed by atoms with Gasteiger partial charge in [-0.3, -0.25) is 0 Å². The minimum Gasteiger partial charge on any atom is -0.429 e. The van der Waals surface area contributed by atoms with Gasteiger partial charge in [0.1, 0.15) is 17.4 Å². The van der Waals surface area contributed by atoms with Gasteiger partial charge in [0, 0.05) is 5.38 Å². The topological polar surface area (TPSA) is 45.9 Å². The zero-order chi connectivity index (χ0) is 14.0. The van der Waals surface area contributed by atoms with Crippen LogP contribution < -0.4 is 4.74 Å². The lowest BCUT2D eigenvalue weighted by Gasteiger charge is -2.04. The molecule has 0 aliphatic heterocycles. The minimum atomic E-state index is -4.57. The van der Waals surface area contributed by atoms with Crippen LogP contribution in [0.25, 0.3) is 0 Å². The van der Waals surface area contributed by atoms with E-state index in [1.54, 1.807) is 6.07 Å². The fourth-order valence-corrected chi connectivity index (χ4v) is 1.91. The number of nitriles is 1. The Morgan fingerprint density at radius 2 is 2.05 bits per heavy atom. The molecule has 0 N–H and O–H groups in total. The maximum Gasteiger partial charge on any atom is 0.434 e. The molecule has 1 heterocycles. The van der Waals surface area contributed by atoms with E-state index in [-0.39, 0.29) is 16.5 Å². The molecule has 0 bridgehead atoms. The summed E-state index contributed by atoms with van der Waals surface area (Å²) < 4.78 is 55.2. The van der Waals surface area contributed by atoms with Crippen LogP contribution in [0.1, 0.15) is 11.3 Å². The van der Waals surface area contributed by atoms with Crippen LogP contribution in [0, 0.1) is 17.1 Å². The highest BCUT2D eigenvalue weighted by Crippen LogP contribution is 2.35. The van der Waals surface area contributed by atoms with Gasteiger partial charge in [-0.1, -0.05) is 17.4 Å². The molecule has 0 unspecified atom stereocenters. The van der Waals surface area contributed by atoms with Crippen molar-refractivity contribution in [1.82, 2.24) is 4.98 Å². The lowest BCUT2D eigenvalue weighted by Crippen LogP contribution is -2.04. The van der Waals surface area contributed by atoms with E-state index in [0.29, 0.717) is 11.3 Å². The third-order valence-corrected chi connectivity index (χ3v) is 2.78. The average molecular weight is 288 g/mol. The number of benzene rings is 1. The second kappa shape index (κ2) is 4.85. The number of halogens is 4. The van der Waals surface area contributed by atoms with Gasteiger partial charge in [0.15, 0.2) is 11.4 Å². The molecule has 0 spiro atoms. The highest BCUT2D eigenvalue weighted by molar-refractivity contribution is 7.11. The smallest absolute Gasteiger partial charge is 0.429 e. The van der Waals surface area contributed by atoms with Crippen LogP contribution in [0.2, 0.25) is 0 Å². The van der Waals surface area contributed by atoms with Gasteiger partial charge < -0.3 is 4.74 Å². The Bertz CT molecular complexity index is 645. The summed E-state index contributed by atoms with van der Waals surface area (Å²) in [6.45, 7) is 0. The van der Waals surface area contributed by atoms with Gasteiger partial charge in [0.05, 0.1) is 0 Å². The maximum absolute atomic E-state index is 13.2. The number of alkyl halides is 3. The molecule has 1 aromatic heterocycles. The first-order chi connectivity index (χ1) is 8.91. The molecule has 0 amide bonds. The molecule has 2 rings (SSSR count). The van der Waals surface area contributed by atoms with Gasteiger partial charge in [-0.2, -0.15) is 23.4 Å². The molecule has 8 heteroatoms. The fourth-order valence-electron chi connectivity index (χ4n) is 1.23. The molecule has 2 aromatic rings. The van der Waals surface area contributed by atoms with Gasteiger partial charge in [0.25, 0.3) is 5.19 Å². The third-order valence-electron chi connectivity index (χ3n) is 2.06. The second-order valence-corrected chi connectivity index (χ2v) is 4.14. The first-order valence-electron chi connectivity index (χ1n) is 4.81. The van der Waals surface area contributed by atoms with E-state index in [0.717, 1.165) is 11.4 Å². The first-order valence-corrected chi connectivity index (χ1v) is 5.69. The Labute approximate surface area is 108 Å². The molecule has 0 aliphatic rings. The molecule has 0 saturated carbocycles. The molecule has 0 atom stereocenters. The van der Waals surface area contributed by atoms with E-state index in [1.165, 1.54) is 12.1 Å². The standard InChI is InChI=1S/C11H4F4N2OS/c12-7-2-1-3-8(6(7)4-16)18-10-17-9(5-19-10)11(13,14)15/h1-3,5H. The van der Waals surface area contributed by atoms with Crippen LogP contribution in [0.4, 0.5) is 17.6 Å². The lowest BCUT2D eigenvalue weighted by molar-refractivity contribution is -0.140. The van der Waals surface area contributed by atoms with Crippen LogP contribution in [-0.2, 0) is 6.18 Å². The van der Waals surface area contributed by atoms with Crippen molar-refractivity contribution in [3.05, 3.63) is 40.7 Å². The number of hydrogen-bond acceptors (Lipinski definition) is 4. The Balaban J connectivity index is 2.30. The molecule has 0 fully saturated rings. The zero-order valence-corrected chi connectivity index (χ0v) is 9.85. The monoisotopic (exact) mass is 288 g/mol. The van der Waals surface area contributed by atoms with Crippen molar-refractivity contribution in [2.75, 3.05) is 0 Å². The predicted molar refractivity (Wildman–Crippen MR) is 58.3 cm³/mol. The van der Waals surface area contributed by atoms with Crippen molar-refractivity contribution in [2.24, 2.45) is 0 Å². The molecule has 1 aromatic carbocycles. The van der Waals surface area contributed by atoms with Crippen molar-refractivity contribution in [3.8, 4) is 17.0 Å². The van der Waals surface area contributed by atoms with E-state index >= 15 is 0 Å². The van der Waals surface area contributed by atoms with Crippen LogP contribution in [0.5, 0.6) is 10.9 Å². The third kappa shape index (κ3) is 2.82. The predicted octanol–water partition coefficient (Wildman–Crippen LogP) is 3.96. The van der Waals surface area contributed by atoms with Crippen molar-refractivity contribution in [1.29, 1.82) is 5.26 Å². The number of rotatable bonds is 2. The zero-order valence-electron chi connectivity index (χ0n) is 9.03. The number of nitrogens with zero attached hydrogens (tertiary/aromatic N) is 2. The van der Waals surface area contributed by atoms with Crippen molar-refractivity contribution in [3.63, 3.8) is 0 Å². The summed E-state index contributed by atoms with van der Waals surface area (Å²) in [5.41, 5.74) is -1.48. The van der Waals surface area contributed by atoms with Crippen molar-refractivity contribution >= 4 is 11.3 Å². The van der Waals surface area contributed by atoms with Crippen LogP contribution in [0.15, 0.2) is 23.6 Å². The molecule has 0 aliphatic carbocycles. The highest BCUT2D eigenvalue weighted by atomic mass is 32.1. The van der Waals surface area contributed by atoms with E-state index < -0.39 is 17.7 Å². The number of aromatic nitrogens is 1. The summed E-state index contributed by atoms with van der Waals surface area (Å²) in [7, 11) is 0. The van der Waals surface area contributed by atoms with Gasteiger partial charge in [-0.25, -0.2) is 4.39 Å². The summed E-state index contributed by atoms with van der Waals surface area (Å²) in [6.07, 6.45) is -4.57. The Morgan fingerprint density at radius 1 is 1.32 bits per heavy atom. The summed E-state index contributed by atoms with van der Waals surface area (Å²) in [6, 6.07) is 5.18. The SMILES string of the molecule is N#Cc1c(F)cccc1Oc1nc(C(F)(F)F)cs1. The molecule has 3 nitrogen and oxygen atoms in total. The van der Waals surface area contributed by atoms with E-state index in [9.17, 15) is 17.6 Å². The van der Waals surface area contributed by atoms with Crippen molar-refractivity contribution < 1.29 is 22.3 Å². The Hall–Kier alpha value is -2.14. The molecular formula is C11H4F4N2OS. The van der Waals surface area contributed by atoms with Crippen LogP contribution in [-0.4, -0.2) is 4.98 Å². The van der Waals surface area contributed by atoms with Gasteiger partial charge in [-0.15, -0.1) is 0 Å². The number of hydrogen-bond donors (Lipinski definition) is 0. The highest BCUT2D eigenvalue weighted by Gasteiger charge is 2.34. The second-order valence-electron chi connectivity index (χ2n) is 3.32. The summed E-state index contributed by atoms with van der Waals surface area (Å²) in [4.78, 5) is 3.22. The Kier molecular flexibility index (Phi) is 3.40. The molecule has 0 radical (unpaired) electrons. The summed E-state index contributed by atoms with van der Waals surface area (Å²) in [5, 5.41) is 9.21. The number of thiazole rings is 1. The quantitative estimate of drug-likeness (QED) is 0.786. The van der Waals surface area contributed by atoms with E-state index in [2.05, 4.69) is 4.98 Å². The number of ether oxygens (including phenoxy) is 1. The maximum atomic E-state index is 13.2. The van der Waals surface area contributed by atoms with Crippen LogP contribution in [0.3, 0.4) is 0 Å². The minimum absolute atomic E-state index is 0.175. The van der Waals surface area contributed by atoms with Gasteiger partial charge in [0.2, 0.25) is 0 Å². The van der Waals surface area contributed by atoms with Crippen molar-refractivity contribution in [2.45, 2.75) is 6.18 Å². The largest absolute Gasteiger partial charge is 0.434 e. The van der Waals surface area contributed by atoms with E-state index in [1.807, 2.05) is 0 Å². The first kappa shape index (κ1) is 13.3. The van der Waals surface area contributed by atoms with E-state index in [4.69, 9.17) is 10.00 Å².